The Morgan fingerprint density at radius 1 is 1.30 bits per heavy atom. The maximum atomic E-state index is 6.26. The van der Waals surface area contributed by atoms with Crippen LogP contribution in [-0.2, 0) is 6.42 Å². The zero-order valence-electron chi connectivity index (χ0n) is 11.5. The zero-order valence-corrected chi connectivity index (χ0v) is 16.0. The molecule has 5 heteroatoms. The van der Waals surface area contributed by atoms with E-state index in [1.807, 2.05) is 6.07 Å². The molecule has 20 heavy (non-hydrogen) atoms. The van der Waals surface area contributed by atoms with Gasteiger partial charge < -0.3 is 0 Å². The topological polar surface area (TPSA) is 25.8 Å². The fourth-order valence-corrected chi connectivity index (χ4v) is 3.23. The Morgan fingerprint density at radius 3 is 2.60 bits per heavy atom. The SMILES string of the molecule is Cc1ccc(-c2nc(Cl)c(I)c(CC(C)C)n2)c(Br)c1. The number of nitrogens with zero attached hydrogens (tertiary/aromatic N) is 2. The second-order valence-electron chi connectivity index (χ2n) is 5.18. The molecule has 0 fully saturated rings. The number of aromatic nitrogens is 2. The van der Waals surface area contributed by atoms with Gasteiger partial charge in [0.2, 0.25) is 0 Å². The molecule has 0 bridgehead atoms. The Morgan fingerprint density at radius 2 is 2.00 bits per heavy atom. The summed E-state index contributed by atoms with van der Waals surface area (Å²) in [4.78, 5) is 9.12. The van der Waals surface area contributed by atoms with Gasteiger partial charge in [0.25, 0.3) is 0 Å². The highest BCUT2D eigenvalue weighted by Gasteiger charge is 2.14. The van der Waals surface area contributed by atoms with Gasteiger partial charge in [-0.3, -0.25) is 0 Å². The summed E-state index contributed by atoms with van der Waals surface area (Å²) in [7, 11) is 0. The normalized spacial score (nSPS) is 11.2. The molecule has 0 aliphatic carbocycles. The number of hydrogen-bond donors (Lipinski definition) is 0. The van der Waals surface area contributed by atoms with Gasteiger partial charge >= 0.3 is 0 Å². The molecular weight excluding hydrogens is 450 g/mol. The monoisotopic (exact) mass is 464 g/mol. The molecule has 0 unspecified atom stereocenters. The molecule has 1 heterocycles. The Balaban J connectivity index is 2.54. The lowest BCUT2D eigenvalue weighted by Crippen LogP contribution is -2.04. The van der Waals surface area contributed by atoms with Crippen molar-refractivity contribution in [1.29, 1.82) is 0 Å². The molecule has 0 amide bonds. The predicted octanol–water partition coefficient (Wildman–Crippen LogP) is 5.67. The molecule has 0 spiro atoms. The van der Waals surface area contributed by atoms with Crippen molar-refractivity contribution >= 4 is 50.1 Å². The fourth-order valence-electron chi connectivity index (χ4n) is 1.91. The van der Waals surface area contributed by atoms with Gasteiger partial charge in [-0.15, -0.1) is 0 Å². The van der Waals surface area contributed by atoms with E-state index >= 15 is 0 Å². The Bertz CT molecular complexity index is 644. The van der Waals surface area contributed by atoms with Crippen molar-refractivity contribution in [2.75, 3.05) is 0 Å². The minimum absolute atomic E-state index is 0.527. The van der Waals surface area contributed by atoms with E-state index in [4.69, 9.17) is 16.6 Å². The highest BCUT2D eigenvalue weighted by molar-refractivity contribution is 14.1. The number of benzene rings is 1. The summed E-state index contributed by atoms with van der Waals surface area (Å²) in [5.41, 5.74) is 3.18. The van der Waals surface area contributed by atoms with Crippen molar-refractivity contribution in [2.24, 2.45) is 5.92 Å². The van der Waals surface area contributed by atoms with Crippen LogP contribution < -0.4 is 0 Å². The van der Waals surface area contributed by atoms with Crippen LogP contribution in [0.1, 0.15) is 25.1 Å². The van der Waals surface area contributed by atoms with Gasteiger partial charge in [0, 0.05) is 10.0 Å². The van der Waals surface area contributed by atoms with Crippen molar-refractivity contribution in [1.82, 2.24) is 9.97 Å². The van der Waals surface area contributed by atoms with Crippen LogP contribution in [0.2, 0.25) is 5.15 Å². The van der Waals surface area contributed by atoms with Crippen molar-refractivity contribution in [2.45, 2.75) is 27.2 Å². The summed E-state index contributed by atoms with van der Waals surface area (Å²) in [6.07, 6.45) is 0.900. The van der Waals surface area contributed by atoms with Crippen LogP contribution >= 0.6 is 50.1 Å². The van der Waals surface area contributed by atoms with Gasteiger partial charge in [-0.05, 0) is 59.5 Å². The first kappa shape index (κ1) is 16.2. The van der Waals surface area contributed by atoms with E-state index in [0.29, 0.717) is 16.9 Å². The molecule has 106 valence electrons. The van der Waals surface area contributed by atoms with Gasteiger partial charge in [0.05, 0.1) is 9.26 Å². The van der Waals surface area contributed by atoms with Crippen LogP contribution in [0.5, 0.6) is 0 Å². The van der Waals surface area contributed by atoms with Crippen LogP contribution in [-0.4, -0.2) is 9.97 Å². The summed E-state index contributed by atoms with van der Waals surface area (Å²) in [5, 5.41) is 0.527. The molecule has 0 saturated carbocycles. The molecule has 2 aromatic rings. The third-order valence-electron chi connectivity index (χ3n) is 2.85. The van der Waals surface area contributed by atoms with E-state index < -0.39 is 0 Å². The van der Waals surface area contributed by atoms with Crippen LogP contribution in [0.3, 0.4) is 0 Å². The highest BCUT2D eigenvalue weighted by Crippen LogP contribution is 2.30. The van der Waals surface area contributed by atoms with Gasteiger partial charge in [0.15, 0.2) is 5.82 Å². The Hall–Kier alpha value is -0.200. The van der Waals surface area contributed by atoms with Crippen molar-refractivity contribution in [3.05, 3.63) is 42.7 Å². The van der Waals surface area contributed by atoms with E-state index in [1.54, 1.807) is 0 Å². The molecule has 0 aliphatic heterocycles. The number of hydrogen-bond acceptors (Lipinski definition) is 2. The molecule has 0 aliphatic rings. The molecule has 0 N–H and O–H groups in total. The lowest BCUT2D eigenvalue weighted by atomic mass is 10.1. The van der Waals surface area contributed by atoms with Crippen LogP contribution in [0.25, 0.3) is 11.4 Å². The molecule has 0 atom stereocenters. The minimum atomic E-state index is 0.527. The lowest BCUT2D eigenvalue weighted by Gasteiger charge is -2.11. The van der Waals surface area contributed by atoms with E-state index in [0.717, 1.165) is 25.7 Å². The molecule has 0 radical (unpaired) electrons. The maximum Gasteiger partial charge on any atom is 0.162 e. The lowest BCUT2D eigenvalue weighted by molar-refractivity contribution is 0.632. The van der Waals surface area contributed by atoms with E-state index in [1.165, 1.54) is 5.56 Å². The van der Waals surface area contributed by atoms with Crippen LogP contribution in [0.15, 0.2) is 22.7 Å². The smallest absolute Gasteiger partial charge is 0.162 e. The van der Waals surface area contributed by atoms with Crippen molar-refractivity contribution in [3.8, 4) is 11.4 Å². The largest absolute Gasteiger partial charge is 0.232 e. The standard InChI is InChI=1S/C15H15BrClIN2/c1-8(2)6-12-13(18)14(17)20-15(19-12)10-5-4-9(3)7-11(10)16/h4-5,7-8H,6H2,1-3H3. The quantitative estimate of drug-likeness (QED) is 0.431. The molecule has 1 aromatic heterocycles. The summed E-state index contributed by atoms with van der Waals surface area (Å²) in [6.45, 7) is 6.40. The first-order valence-electron chi connectivity index (χ1n) is 6.37. The minimum Gasteiger partial charge on any atom is -0.232 e. The van der Waals surface area contributed by atoms with Crippen molar-refractivity contribution in [3.63, 3.8) is 0 Å². The first-order chi connectivity index (χ1) is 9.38. The summed E-state index contributed by atoms with van der Waals surface area (Å²) in [6, 6.07) is 6.14. The maximum absolute atomic E-state index is 6.26. The second-order valence-corrected chi connectivity index (χ2v) is 7.47. The van der Waals surface area contributed by atoms with Gasteiger partial charge in [-0.1, -0.05) is 47.4 Å². The average molecular weight is 466 g/mol. The average Bonchev–Trinajstić information content (AvgIpc) is 2.34. The van der Waals surface area contributed by atoms with E-state index in [9.17, 15) is 0 Å². The van der Waals surface area contributed by atoms with Gasteiger partial charge in [0.1, 0.15) is 5.15 Å². The number of rotatable bonds is 3. The molecule has 2 rings (SSSR count). The number of aryl methyl sites for hydroxylation is 1. The highest BCUT2D eigenvalue weighted by atomic mass is 127. The zero-order chi connectivity index (χ0) is 14.9. The Labute approximate surface area is 146 Å². The molecular formula is C15H15BrClIN2. The van der Waals surface area contributed by atoms with Gasteiger partial charge in [-0.2, -0.15) is 0 Å². The third-order valence-corrected chi connectivity index (χ3v) is 5.23. The molecule has 0 saturated heterocycles. The third kappa shape index (κ3) is 3.71. The number of halogens is 3. The second kappa shape index (κ2) is 6.71. The summed E-state index contributed by atoms with van der Waals surface area (Å²) >= 11 is 12.1. The van der Waals surface area contributed by atoms with Crippen LogP contribution in [0, 0.1) is 16.4 Å². The molecule has 2 nitrogen and oxygen atoms in total. The Kier molecular flexibility index (Phi) is 5.42. The summed E-state index contributed by atoms with van der Waals surface area (Å²) < 4.78 is 1.94. The summed E-state index contributed by atoms with van der Waals surface area (Å²) in [5.74, 6) is 1.21. The fraction of sp³-hybridized carbons (Fsp3) is 0.333. The predicted molar refractivity (Wildman–Crippen MR) is 96.2 cm³/mol. The van der Waals surface area contributed by atoms with E-state index in [-0.39, 0.29) is 0 Å². The van der Waals surface area contributed by atoms with Crippen LogP contribution in [0.4, 0.5) is 0 Å². The molecule has 1 aromatic carbocycles. The van der Waals surface area contributed by atoms with Gasteiger partial charge in [-0.25, -0.2) is 9.97 Å². The van der Waals surface area contributed by atoms with E-state index in [2.05, 4.69) is 76.4 Å². The van der Waals surface area contributed by atoms with Crippen molar-refractivity contribution < 1.29 is 0 Å². The first-order valence-corrected chi connectivity index (χ1v) is 8.62.